The Hall–Kier alpha value is -2.55. The maximum Gasteiger partial charge on any atom is 0.305 e. The first kappa shape index (κ1) is 12.9. The van der Waals surface area contributed by atoms with Gasteiger partial charge in [0, 0.05) is 19.3 Å². The van der Waals surface area contributed by atoms with Crippen molar-refractivity contribution < 1.29 is 9.90 Å². The van der Waals surface area contributed by atoms with Crippen molar-refractivity contribution >= 4 is 22.7 Å². The van der Waals surface area contributed by atoms with E-state index in [0.29, 0.717) is 13.1 Å². The second-order valence-corrected chi connectivity index (χ2v) is 4.19. The van der Waals surface area contributed by atoms with Crippen molar-refractivity contribution in [3.05, 3.63) is 18.2 Å². The van der Waals surface area contributed by atoms with Crippen molar-refractivity contribution in [1.82, 2.24) is 15.0 Å². The molecule has 0 saturated heterocycles. The molecule has 0 atom stereocenters. The molecule has 0 radical (unpaired) electrons. The number of aromatic nitrogens is 3. The fourth-order valence-electron chi connectivity index (χ4n) is 1.79. The van der Waals surface area contributed by atoms with Crippen molar-refractivity contribution in [3.8, 4) is 12.3 Å². The van der Waals surface area contributed by atoms with Gasteiger partial charge >= 0.3 is 5.97 Å². The van der Waals surface area contributed by atoms with Gasteiger partial charge in [0.25, 0.3) is 0 Å². The summed E-state index contributed by atoms with van der Waals surface area (Å²) >= 11 is 0. The molecule has 0 amide bonds. The number of benzene rings is 1. The minimum absolute atomic E-state index is 0.0956. The van der Waals surface area contributed by atoms with E-state index in [9.17, 15) is 4.79 Å². The van der Waals surface area contributed by atoms with Crippen LogP contribution in [0.4, 0.5) is 5.69 Å². The van der Waals surface area contributed by atoms with Crippen molar-refractivity contribution in [1.29, 1.82) is 0 Å². The molecule has 0 aliphatic heterocycles. The smallest absolute Gasteiger partial charge is 0.305 e. The Balaban J connectivity index is 2.22. The molecule has 0 unspecified atom stereocenters. The molecule has 1 aromatic carbocycles. The summed E-state index contributed by atoms with van der Waals surface area (Å²) in [4.78, 5) is 12.4. The Morgan fingerprint density at radius 1 is 1.58 bits per heavy atom. The summed E-state index contributed by atoms with van der Waals surface area (Å²) < 4.78 is 1.65. The topological polar surface area (TPSA) is 71.2 Å². The van der Waals surface area contributed by atoms with E-state index in [-0.39, 0.29) is 6.42 Å². The highest BCUT2D eigenvalue weighted by Crippen LogP contribution is 2.19. The lowest BCUT2D eigenvalue weighted by Crippen LogP contribution is -2.20. The first-order valence-corrected chi connectivity index (χ1v) is 5.81. The molecular weight excluding hydrogens is 244 g/mol. The molecule has 98 valence electrons. The predicted octanol–water partition coefficient (Wildman–Crippen LogP) is 0.975. The van der Waals surface area contributed by atoms with Crippen LogP contribution in [0.15, 0.2) is 18.2 Å². The number of aliphatic carboxylic acids is 1. The van der Waals surface area contributed by atoms with E-state index in [1.54, 1.807) is 4.68 Å². The van der Waals surface area contributed by atoms with Crippen LogP contribution in [0.25, 0.3) is 11.0 Å². The number of hydrogen-bond acceptors (Lipinski definition) is 4. The van der Waals surface area contributed by atoms with Gasteiger partial charge in [0.15, 0.2) is 0 Å². The number of carboxylic acid groups (broad SMARTS) is 1. The Bertz CT molecular complexity index is 642. The third-order valence-corrected chi connectivity index (χ3v) is 2.84. The monoisotopic (exact) mass is 258 g/mol. The van der Waals surface area contributed by atoms with Crippen molar-refractivity contribution in [3.63, 3.8) is 0 Å². The summed E-state index contributed by atoms with van der Waals surface area (Å²) in [7, 11) is 1.84. The molecule has 1 N–H and O–H groups in total. The summed E-state index contributed by atoms with van der Waals surface area (Å²) in [5, 5.41) is 16.7. The zero-order valence-electron chi connectivity index (χ0n) is 10.6. The van der Waals surface area contributed by atoms with Crippen molar-refractivity contribution in [2.75, 3.05) is 18.5 Å². The van der Waals surface area contributed by atoms with Crippen molar-refractivity contribution in [2.24, 2.45) is 0 Å². The number of fused-ring (bicyclic) bond motifs is 1. The summed E-state index contributed by atoms with van der Waals surface area (Å²) in [6, 6.07) is 5.66. The van der Waals surface area contributed by atoms with E-state index >= 15 is 0 Å². The minimum atomic E-state index is -0.812. The highest BCUT2D eigenvalue weighted by Gasteiger charge is 2.08. The van der Waals surface area contributed by atoms with E-state index in [1.807, 2.05) is 30.1 Å². The lowest BCUT2D eigenvalue weighted by atomic mass is 10.2. The summed E-state index contributed by atoms with van der Waals surface area (Å²) in [6.07, 6.45) is 5.35. The highest BCUT2D eigenvalue weighted by molar-refractivity contribution is 5.79. The van der Waals surface area contributed by atoms with E-state index in [2.05, 4.69) is 16.2 Å². The Kier molecular flexibility index (Phi) is 3.66. The molecule has 6 heteroatoms. The fourth-order valence-corrected chi connectivity index (χ4v) is 1.79. The van der Waals surface area contributed by atoms with Crippen LogP contribution in [-0.2, 0) is 11.3 Å². The number of anilines is 1. The maximum atomic E-state index is 10.6. The van der Waals surface area contributed by atoms with Gasteiger partial charge in [0.05, 0.1) is 11.9 Å². The number of hydrogen-bond donors (Lipinski definition) is 1. The van der Waals surface area contributed by atoms with E-state index in [4.69, 9.17) is 11.5 Å². The van der Waals surface area contributed by atoms with Crippen LogP contribution in [0.3, 0.4) is 0 Å². The van der Waals surface area contributed by atoms with Gasteiger partial charge in [0.1, 0.15) is 12.1 Å². The molecule has 1 aromatic heterocycles. The van der Waals surface area contributed by atoms with Gasteiger partial charge in [-0.25, -0.2) is 4.68 Å². The van der Waals surface area contributed by atoms with Crippen LogP contribution in [0, 0.1) is 12.3 Å². The minimum Gasteiger partial charge on any atom is -0.481 e. The quantitative estimate of drug-likeness (QED) is 0.809. The van der Waals surface area contributed by atoms with Gasteiger partial charge in [-0.05, 0) is 18.2 Å². The molecule has 2 aromatic rings. The van der Waals surface area contributed by atoms with E-state index < -0.39 is 5.97 Å². The number of rotatable bonds is 5. The van der Waals surface area contributed by atoms with Gasteiger partial charge < -0.3 is 10.0 Å². The molecule has 0 bridgehead atoms. The van der Waals surface area contributed by atoms with Gasteiger partial charge in [0.2, 0.25) is 0 Å². The van der Waals surface area contributed by atoms with Gasteiger partial charge in [-0.2, -0.15) is 0 Å². The van der Waals surface area contributed by atoms with E-state index in [1.165, 1.54) is 0 Å². The van der Waals surface area contributed by atoms with Gasteiger partial charge in [-0.3, -0.25) is 4.79 Å². The molecule has 0 spiro atoms. The predicted molar refractivity (Wildman–Crippen MR) is 71.9 cm³/mol. The summed E-state index contributed by atoms with van der Waals surface area (Å²) in [5.41, 5.74) is 2.52. The molecule has 0 aliphatic carbocycles. The number of carboxylic acids is 1. The third-order valence-electron chi connectivity index (χ3n) is 2.84. The molecule has 0 saturated carbocycles. The first-order chi connectivity index (χ1) is 9.11. The van der Waals surface area contributed by atoms with Gasteiger partial charge in [-0.1, -0.05) is 11.1 Å². The SMILES string of the molecule is C#CCn1nnc2cc(N(C)CCC(=O)O)ccc21. The van der Waals surface area contributed by atoms with Crippen LogP contribution < -0.4 is 4.90 Å². The first-order valence-electron chi connectivity index (χ1n) is 5.81. The molecule has 6 nitrogen and oxygen atoms in total. The Labute approximate surface area is 110 Å². The van der Waals surface area contributed by atoms with Crippen LogP contribution in [0.2, 0.25) is 0 Å². The second-order valence-electron chi connectivity index (χ2n) is 4.19. The fraction of sp³-hybridized carbons (Fsp3) is 0.308. The molecule has 1 heterocycles. The molecule has 0 aliphatic rings. The highest BCUT2D eigenvalue weighted by atomic mass is 16.4. The summed E-state index contributed by atoms with van der Waals surface area (Å²) in [5.74, 6) is 1.71. The molecular formula is C13H14N4O2. The van der Waals surface area contributed by atoms with E-state index in [0.717, 1.165) is 16.7 Å². The molecule has 0 fully saturated rings. The lowest BCUT2D eigenvalue weighted by Gasteiger charge is -2.17. The van der Waals surface area contributed by atoms with Gasteiger partial charge in [-0.15, -0.1) is 11.5 Å². The normalized spacial score (nSPS) is 10.3. The largest absolute Gasteiger partial charge is 0.481 e. The van der Waals surface area contributed by atoms with Crippen LogP contribution in [-0.4, -0.2) is 39.7 Å². The summed E-state index contributed by atoms with van der Waals surface area (Å²) in [6.45, 7) is 0.823. The number of carbonyl (C=O) groups is 1. The Morgan fingerprint density at radius 3 is 3.05 bits per heavy atom. The zero-order chi connectivity index (χ0) is 13.8. The maximum absolute atomic E-state index is 10.6. The van der Waals surface area contributed by atoms with Crippen LogP contribution in [0.5, 0.6) is 0 Å². The zero-order valence-corrected chi connectivity index (χ0v) is 10.6. The number of terminal acetylenes is 1. The van der Waals surface area contributed by atoms with Crippen LogP contribution >= 0.6 is 0 Å². The third kappa shape index (κ3) is 2.83. The number of nitrogens with zero attached hydrogens (tertiary/aromatic N) is 4. The lowest BCUT2D eigenvalue weighted by molar-refractivity contribution is -0.136. The van der Waals surface area contributed by atoms with Crippen molar-refractivity contribution in [2.45, 2.75) is 13.0 Å². The average Bonchev–Trinajstić information content (AvgIpc) is 2.79. The second kappa shape index (κ2) is 5.40. The average molecular weight is 258 g/mol. The van der Waals surface area contributed by atoms with Crippen LogP contribution in [0.1, 0.15) is 6.42 Å². The standard InChI is InChI=1S/C13H14N4O2/c1-3-7-17-12-5-4-10(9-11(12)14-15-17)16(2)8-6-13(18)19/h1,4-5,9H,6-8H2,2H3,(H,18,19). The molecule has 2 rings (SSSR count). The Morgan fingerprint density at radius 2 is 2.37 bits per heavy atom. The molecule has 19 heavy (non-hydrogen) atoms.